The van der Waals surface area contributed by atoms with Gasteiger partial charge in [0.05, 0.1) is 0 Å². The first-order valence-corrected chi connectivity index (χ1v) is 11.7. The summed E-state index contributed by atoms with van der Waals surface area (Å²) in [5.41, 5.74) is -10.4. The number of aliphatic hydroxyl groups is 4. The van der Waals surface area contributed by atoms with Crippen LogP contribution in [-0.4, -0.2) is 54.8 Å². The SMILES string of the molecule is C/C=C/C=C/C(=O)C12C(=O)C(C)=C(O)C(C)(O)C1C1C(=C(O)/C=C/C=C/C)C(=O)[C@]2(C)C(=O)[C@@]1(C)O. The van der Waals surface area contributed by atoms with Gasteiger partial charge in [-0.3, -0.25) is 19.2 Å². The molecular weight excluding hydrogens is 464 g/mol. The summed E-state index contributed by atoms with van der Waals surface area (Å²) in [6.07, 6.45) is 11.4. The molecular formula is C28H32O8. The Labute approximate surface area is 209 Å². The third kappa shape index (κ3) is 3.07. The number of carbonyl (C=O) groups is 4. The highest BCUT2D eigenvalue weighted by Gasteiger charge is 2.85. The Kier molecular flexibility index (Phi) is 6.53. The predicted molar refractivity (Wildman–Crippen MR) is 132 cm³/mol. The largest absolute Gasteiger partial charge is 0.509 e. The Morgan fingerprint density at radius 2 is 1.39 bits per heavy atom. The number of aliphatic hydroxyl groups excluding tert-OH is 2. The van der Waals surface area contributed by atoms with E-state index in [0.29, 0.717) is 0 Å². The van der Waals surface area contributed by atoms with Crippen molar-refractivity contribution in [3.63, 3.8) is 0 Å². The van der Waals surface area contributed by atoms with Crippen molar-refractivity contribution in [2.75, 3.05) is 0 Å². The van der Waals surface area contributed by atoms with Crippen LogP contribution in [0.15, 0.2) is 71.3 Å². The molecule has 8 nitrogen and oxygen atoms in total. The number of rotatable bonds is 5. The van der Waals surface area contributed by atoms with Crippen molar-refractivity contribution in [3.8, 4) is 0 Å². The fraction of sp³-hybridized carbons (Fsp3) is 0.429. The Morgan fingerprint density at radius 1 is 0.861 bits per heavy atom. The number of fused-ring (bicyclic) bond motifs is 2. The van der Waals surface area contributed by atoms with Gasteiger partial charge in [-0.2, -0.15) is 0 Å². The van der Waals surface area contributed by atoms with E-state index in [4.69, 9.17) is 0 Å². The van der Waals surface area contributed by atoms with Crippen molar-refractivity contribution in [2.24, 2.45) is 22.7 Å². The lowest BCUT2D eigenvalue weighted by Gasteiger charge is -2.66. The van der Waals surface area contributed by atoms with Crippen LogP contribution in [0.2, 0.25) is 0 Å². The molecule has 36 heavy (non-hydrogen) atoms. The topological polar surface area (TPSA) is 149 Å². The predicted octanol–water partition coefficient (Wildman–Crippen LogP) is 2.94. The van der Waals surface area contributed by atoms with Gasteiger partial charge in [-0.25, -0.2) is 0 Å². The van der Waals surface area contributed by atoms with Gasteiger partial charge in [0.1, 0.15) is 33.6 Å². The summed E-state index contributed by atoms with van der Waals surface area (Å²) >= 11 is 0. The Bertz CT molecular complexity index is 1240. The zero-order valence-electron chi connectivity index (χ0n) is 21.2. The summed E-state index contributed by atoms with van der Waals surface area (Å²) in [6.45, 7) is 8.03. The molecule has 2 bridgehead atoms. The van der Waals surface area contributed by atoms with E-state index >= 15 is 0 Å². The van der Waals surface area contributed by atoms with Crippen molar-refractivity contribution < 1.29 is 39.6 Å². The first-order valence-electron chi connectivity index (χ1n) is 11.7. The molecule has 4 aliphatic rings. The van der Waals surface area contributed by atoms with E-state index in [2.05, 4.69) is 0 Å². The Hall–Kier alpha value is -3.36. The van der Waals surface area contributed by atoms with Crippen LogP contribution in [0.4, 0.5) is 0 Å². The highest BCUT2D eigenvalue weighted by molar-refractivity contribution is 6.33. The van der Waals surface area contributed by atoms with Gasteiger partial charge in [0.25, 0.3) is 0 Å². The molecule has 3 fully saturated rings. The zero-order chi connectivity index (χ0) is 27.4. The lowest BCUT2D eigenvalue weighted by atomic mass is 9.32. The van der Waals surface area contributed by atoms with Crippen LogP contribution in [0.25, 0.3) is 0 Å². The van der Waals surface area contributed by atoms with Gasteiger partial charge in [0.2, 0.25) is 0 Å². The smallest absolute Gasteiger partial charge is 0.179 e. The fourth-order valence-corrected chi connectivity index (χ4v) is 6.42. The standard InChI is InChI=1S/C28H32O8/c1-7-9-11-13-16(29)18-19-20-27(6,36)21(31)15(3)22(32)28(20,17(30)14-12-10-8-2)25(4,23(18)33)24(34)26(19,5)35/h7-14,19-20,29,31,35-36H,1-6H3/b9-7+,10-8+,13-11+,14-12+,18-16?/t19?,20?,25-,26+,27?,28?/m1/s1. The second-order valence-electron chi connectivity index (χ2n) is 10.1. The highest BCUT2D eigenvalue weighted by Crippen LogP contribution is 2.70. The normalized spacial score (nSPS) is 40.4. The maximum Gasteiger partial charge on any atom is 0.179 e. The fourth-order valence-electron chi connectivity index (χ4n) is 6.42. The number of hydrogen-bond acceptors (Lipinski definition) is 8. The minimum Gasteiger partial charge on any atom is -0.509 e. The summed E-state index contributed by atoms with van der Waals surface area (Å²) in [5, 5.41) is 44.9. The van der Waals surface area contributed by atoms with Gasteiger partial charge >= 0.3 is 0 Å². The maximum atomic E-state index is 14.0. The summed E-state index contributed by atoms with van der Waals surface area (Å²) < 4.78 is 0. The second-order valence-corrected chi connectivity index (χ2v) is 10.1. The third-order valence-electron chi connectivity index (χ3n) is 8.03. The molecule has 3 saturated carbocycles. The van der Waals surface area contributed by atoms with Crippen molar-refractivity contribution in [3.05, 3.63) is 71.3 Å². The van der Waals surface area contributed by atoms with Crippen LogP contribution in [0.1, 0.15) is 41.5 Å². The number of allylic oxidation sites excluding steroid dienone is 9. The van der Waals surface area contributed by atoms with Gasteiger partial charge in [-0.05, 0) is 53.7 Å². The average molecular weight is 497 g/mol. The van der Waals surface area contributed by atoms with Crippen LogP contribution >= 0.6 is 0 Å². The van der Waals surface area contributed by atoms with E-state index in [1.165, 1.54) is 38.2 Å². The van der Waals surface area contributed by atoms with Crippen LogP contribution in [0.3, 0.4) is 0 Å². The molecule has 0 heterocycles. The monoisotopic (exact) mass is 496 g/mol. The maximum absolute atomic E-state index is 14.0. The van der Waals surface area contributed by atoms with E-state index in [1.54, 1.807) is 32.1 Å². The summed E-state index contributed by atoms with van der Waals surface area (Å²) in [4.78, 5) is 55.7. The van der Waals surface area contributed by atoms with Crippen molar-refractivity contribution in [2.45, 2.75) is 52.7 Å². The molecule has 4 unspecified atom stereocenters. The Balaban J connectivity index is 2.56. The van der Waals surface area contributed by atoms with Crippen LogP contribution < -0.4 is 0 Å². The van der Waals surface area contributed by atoms with E-state index in [1.807, 2.05) is 0 Å². The van der Waals surface area contributed by atoms with Gasteiger partial charge in [0.15, 0.2) is 23.1 Å². The molecule has 0 amide bonds. The summed E-state index contributed by atoms with van der Waals surface area (Å²) in [7, 11) is 0. The quantitative estimate of drug-likeness (QED) is 0.196. The molecule has 0 spiro atoms. The molecule has 0 saturated heterocycles. The van der Waals surface area contributed by atoms with Gasteiger partial charge in [0, 0.05) is 23.0 Å². The molecule has 0 radical (unpaired) electrons. The molecule has 192 valence electrons. The molecule has 6 atom stereocenters. The van der Waals surface area contributed by atoms with Gasteiger partial charge in [-0.15, -0.1) is 0 Å². The minimum absolute atomic E-state index is 0.360. The van der Waals surface area contributed by atoms with Gasteiger partial charge in [-0.1, -0.05) is 36.5 Å². The second kappa shape index (κ2) is 8.64. The van der Waals surface area contributed by atoms with Crippen LogP contribution in [0.5, 0.6) is 0 Å². The molecule has 0 aromatic rings. The lowest BCUT2D eigenvalue weighted by Crippen LogP contribution is -2.82. The first kappa shape index (κ1) is 27.2. The zero-order valence-corrected chi connectivity index (χ0v) is 21.2. The summed E-state index contributed by atoms with van der Waals surface area (Å²) in [5.74, 6) is -8.63. The minimum atomic E-state index is -2.49. The van der Waals surface area contributed by atoms with E-state index < -0.39 is 74.1 Å². The van der Waals surface area contributed by atoms with Crippen molar-refractivity contribution >= 4 is 23.1 Å². The van der Waals surface area contributed by atoms with Crippen LogP contribution in [0, 0.1) is 22.7 Å². The average Bonchev–Trinajstić information content (AvgIpc) is 2.81. The Morgan fingerprint density at radius 3 is 1.92 bits per heavy atom. The lowest BCUT2D eigenvalue weighted by molar-refractivity contribution is -0.222. The molecule has 4 N–H and O–H groups in total. The third-order valence-corrected chi connectivity index (χ3v) is 8.03. The van der Waals surface area contributed by atoms with Crippen molar-refractivity contribution in [1.82, 2.24) is 0 Å². The van der Waals surface area contributed by atoms with Crippen LogP contribution in [-0.2, 0) is 19.2 Å². The van der Waals surface area contributed by atoms with Gasteiger partial charge < -0.3 is 20.4 Å². The van der Waals surface area contributed by atoms with E-state index in [0.717, 1.165) is 19.9 Å². The molecule has 0 aliphatic heterocycles. The number of Topliss-reactive ketones (excluding diaryl/α,β-unsaturated/α-hetero) is 3. The molecule has 4 aliphatic carbocycles. The molecule has 8 heteroatoms. The van der Waals surface area contributed by atoms with E-state index in [-0.39, 0.29) is 5.57 Å². The summed E-state index contributed by atoms with van der Waals surface area (Å²) in [6, 6.07) is 0. The highest BCUT2D eigenvalue weighted by atomic mass is 16.3. The number of ketones is 4. The first-order chi connectivity index (χ1) is 16.6. The van der Waals surface area contributed by atoms with E-state index in [9.17, 15) is 39.6 Å². The molecule has 4 rings (SSSR count). The molecule has 0 aromatic heterocycles. The van der Waals surface area contributed by atoms with Crippen molar-refractivity contribution in [1.29, 1.82) is 0 Å². The number of carbonyl (C=O) groups excluding carboxylic acids is 4. The number of hydrogen-bond donors (Lipinski definition) is 4. The molecule has 0 aromatic carbocycles.